The summed E-state index contributed by atoms with van der Waals surface area (Å²) in [6.45, 7) is 0.709. The van der Waals surface area contributed by atoms with Crippen LogP contribution in [0.2, 0.25) is 0 Å². The van der Waals surface area contributed by atoms with Gasteiger partial charge in [0.25, 0.3) is 0 Å². The first-order valence-corrected chi connectivity index (χ1v) is 6.07. The second-order valence-corrected chi connectivity index (χ2v) is 4.14. The number of carbonyl (C=O) groups is 2. The fourth-order valence-corrected chi connectivity index (χ4v) is 1.63. The summed E-state index contributed by atoms with van der Waals surface area (Å²) in [7, 11) is 0. The van der Waals surface area contributed by atoms with Gasteiger partial charge in [0.1, 0.15) is 0 Å². The van der Waals surface area contributed by atoms with Crippen LogP contribution in [-0.4, -0.2) is 31.7 Å². The molecule has 0 unspecified atom stereocenters. The largest absolute Gasteiger partial charge is 0.478 e. The van der Waals surface area contributed by atoms with Crippen molar-refractivity contribution < 1.29 is 14.7 Å². The zero-order valence-electron chi connectivity index (χ0n) is 10.7. The van der Waals surface area contributed by atoms with Gasteiger partial charge < -0.3 is 10.4 Å². The topological polar surface area (TPSA) is 97.1 Å². The van der Waals surface area contributed by atoms with Crippen LogP contribution in [0.25, 0.3) is 0 Å². The van der Waals surface area contributed by atoms with Crippen LogP contribution in [0, 0.1) is 0 Å². The van der Waals surface area contributed by atoms with Crippen molar-refractivity contribution in [2.24, 2.45) is 0 Å². The Morgan fingerprint density at radius 3 is 2.90 bits per heavy atom. The fourth-order valence-electron chi connectivity index (χ4n) is 1.63. The zero-order chi connectivity index (χ0) is 14.4. The summed E-state index contributed by atoms with van der Waals surface area (Å²) in [6, 6.07) is 4.64. The predicted molar refractivity (Wildman–Crippen MR) is 69.9 cm³/mol. The number of aromatic nitrogens is 3. The van der Waals surface area contributed by atoms with Crippen LogP contribution in [0.4, 0.5) is 0 Å². The molecule has 0 spiro atoms. The Labute approximate surface area is 115 Å². The highest BCUT2D eigenvalue weighted by molar-refractivity contribution is 5.87. The first kappa shape index (κ1) is 13.7. The van der Waals surface area contributed by atoms with Gasteiger partial charge in [0.15, 0.2) is 0 Å². The Hall–Kier alpha value is -2.70. The SMILES string of the molecule is O=C(CCn1cccn1)NCc1cc(C(=O)O)ccn1. The highest BCUT2D eigenvalue weighted by atomic mass is 16.4. The number of amides is 1. The molecule has 7 nitrogen and oxygen atoms in total. The molecule has 104 valence electrons. The van der Waals surface area contributed by atoms with Gasteiger partial charge in [-0.25, -0.2) is 4.79 Å². The smallest absolute Gasteiger partial charge is 0.335 e. The number of hydrogen-bond donors (Lipinski definition) is 2. The normalized spacial score (nSPS) is 10.2. The molecule has 2 rings (SSSR count). The summed E-state index contributed by atoms with van der Waals surface area (Å²) in [4.78, 5) is 26.4. The number of carboxylic acid groups (broad SMARTS) is 1. The van der Waals surface area contributed by atoms with E-state index in [1.54, 1.807) is 23.1 Å². The fraction of sp³-hybridized carbons (Fsp3) is 0.231. The summed E-state index contributed by atoms with van der Waals surface area (Å²) in [5, 5.41) is 15.5. The quantitative estimate of drug-likeness (QED) is 0.807. The van der Waals surface area contributed by atoms with Crippen LogP contribution in [-0.2, 0) is 17.9 Å². The first-order chi connectivity index (χ1) is 9.65. The number of pyridine rings is 1. The Kier molecular flexibility index (Phi) is 4.43. The van der Waals surface area contributed by atoms with Crippen molar-refractivity contribution in [3.63, 3.8) is 0 Å². The number of carbonyl (C=O) groups excluding carboxylic acids is 1. The lowest BCUT2D eigenvalue weighted by Gasteiger charge is -2.05. The van der Waals surface area contributed by atoms with E-state index in [-0.39, 0.29) is 18.0 Å². The Morgan fingerprint density at radius 2 is 2.20 bits per heavy atom. The lowest BCUT2D eigenvalue weighted by Crippen LogP contribution is -2.24. The second-order valence-electron chi connectivity index (χ2n) is 4.14. The van der Waals surface area contributed by atoms with Crippen LogP contribution in [0.5, 0.6) is 0 Å². The number of nitrogens with zero attached hydrogens (tertiary/aromatic N) is 3. The third kappa shape index (κ3) is 3.91. The van der Waals surface area contributed by atoms with Crippen molar-refractivity contribution >= 4 is 11.9 Å². The highest BCUT2D eigenvalue weighted by Crippen LogP contribution is 2.01. The van der Waals surface area contributed by atoms with Gasteiger partial charge >= 0.3 is 5.97 Å². The van der Waals surface area contributed by atoms with Crippen LogP contribution < -0.4 is 5.32 Å². The number of nitrogens with one attached hydrogen (secondary N) is 1. The van der Waals surface area contributed by atoms with Gasteiger partial charge in [0.05, 0.1) is 17.8 Å². The Morgan fingerprint density at radius 1 is 1.35 bits per heavy atom. The van der Waals surface area contributed by atoms with Gasteiger partial charge in [-0.15, -0.1) is 0 Å². The summed E-state index contributed by atoms with van der Waals surface area (Å²) < 4.78 is 1.67. The van der Waals surface area contributed by atoms with Crippen molar-refractivity contribution in [2.75, 3.05) is 0 Å². The van der Waals surface area contributed by atoms with E-state index in [1.165, 1.54) is 18.3 Å². The van der Waals surface area contributed by atoms with E-state index in [4.69, 9.17) is 5.11 Å². The summed E-state index contributed by atoms with van der Waals surface area (Å²) >= 11 is 0. The van der Waals surface area contributed by atoms with E-state index in [9.17, 15) is 9.59 Å². The number of carboxylic acids is 1. The molecule has 2 aromatic heterocycles. The van der Waals surface area contributed by atoms with Gasteiger partial charge in [-0.05, 0) is 18.2 Å². The molecular weight excluding hydrogens is 260 g/mol. The number of hydrogen-bond acceptors (Lipinski definition) is 4. The molecule has 0 saturated carbocycles. The molecule has 0 fully saturated rings. The van der Waals surface area contributed by atoms with Crippen molar-refractivity contribution in [1.29, 1.82) is 0 Å². The average molecular weight is 274 g/mol. The predicted octanol–water partition coefficient (Wildman–Crippen LogP) is 0.683. The molecule has 0 radical (unpaired) electrons. The van der Waals surface area contributed by atoms with Gasteiger partial charge in [0, 0.05) is 31.6 Å². The third-order valence-corrected chi connectivity index (χ3v) is 2.66. The molecular formula is C13H14N4O3. The first-order valence-electron chi connectivity index (χ1n) is 6.07. The Bertz CT molecular complexity index is 595. The average Bonchev–Trinajstić information content (AvgIpc) is 2.96. The van der Waals surface area contributed by atoms with E-state index in [2.05, 4.69) is 15.4 Å². The molecule has 1 amide bonds. The van der Waals surface area contributed by atoms with E-state index in [0.717, 1.165) is 0 Å². The van der Waals surface area contributed by atoms with Crippen molar-refractivity contribution in [3.8, 4) is 0 Å². The van der Waals surface area contributed by atoms with E-state index < -0.39 is 5.97 Å². The second kappa shape index (κ2) is 6.46. The molecule has 2 N–H and O–H groups in total. The van der Waals surface area contributed by atoms with Gasteiger partial charge in [-0.1, -0.05) is 0 Å². The minimum atomic E-state index is -1.02. The molecule has 0 aromatic carbocycles. The molecule has 0 aliphatic rings. The lowest BCUT2D eigenvalue weighted by atomic mass is 10.2. The molecule has 0 aliphatic heterocycles. The van der Waals surface area contributed by atoms with Crippen molar-refractivity contribution in [1.82, 2.24) is 20.1 Å². The molecule has 2 aromatic rings. The molecule has 7 heteroatoms. The minimum Gasteiger partial charge on any atom is -0.478 e. The standard InChI is InChI=1S/C13H14N4O3/c18-12(3-7-17-6-1-4-16-17)15-9-11-8-10(13(19)20)2-5-14-11/h1-2,4-6,8H,3,7,9H2,(H,15,18)(H,19,20). The van der Waals surface area contributed by atoms with E-state index in [0.29, 0.717) is 18.7 Å². The monoisotopic (exact) mass is 274 g/mol. The molecule has 0 aliphatic carbocycles. The molecule has 0 bridgehead atoms. The van der Waals surface area contributed by atoms with Crippen LogP contribution in [0.3, 0.4) is 0 Å². The molecule has 0 saturated heterocycles. The van der Waals surface area contributed by atoms with Crippen molar-refractivity contribution in [2.45, 2.75) is 19.5 Å². The van der Waals surface area contributed by atoms with E-state index in [1.807, 2.05) is 0 Å². The maximum atomic E-state index is 11.6. The highest BCUT2D eigenvalue weighted by Gasteiger charge is 2.06. The van der Waals surface area contributed by atoms with Gasteiger partial charge in [0.2, 0.25) is 5.91 Å². The zero-order valence-corrected chi connectivity index (χ0v) is 10.7. The minimum absolute atomic E-state index is 0.136. The summed E-state index contributed by atoms with van der Waals surface area (Å²) in [5.74, 6) is -1.15. The molecule has 2 heterocycles. The summed E-state index contributed by atoms with van der Waals surface area (Å²) in [5.41, 5.74) is 0.665. The Balaban J connectivity index is 1.81. The number of aromatic carboxylic acids is 1. The van der Waals surface area contributed by atoms with Crippen molar-refractivity contribution in [3.05, 3.63) is 48.0 Å². The van der Waals surface area contributed by atoms with Crippen LogP contribution >= 0.6 is 0 Å². The molecule has 20 heavy (non-hydrogen) atoms. The van der Waals surface area contributed by atoms with Gasteiger partial charge in [-0.3, -0.25) is 14.5 Å². The maximum Gasteiger partial charge on any atom is 0.335 e. The van der Waals surface area contributed by atoms with Crippen LogP contribution in [0.15, 0.2) is 36.8 Å². The van der Waals surface area contributed by atoms with Gasteiger partial charge in [-0.2, -0.15) is 5.10 Å². The number of aryl methyl sites for hydroxylation is 1. The third-order valence-electron chi connectivity index (χ3n) is 2.66. The van der Waals surface area contributed by atoms with Crippen LogP contribution in [0.1, 0.15) is 22.5 Å². The number of rotatable bonds is 6. The maximum absolute atomic E-state index is 11.6. The summed E-state index contributed by atoms with van der Waals surface area (Å²) in [6.07, 6.45) is 5.15. The van der Waals surface area contributed by atoms with E-state index >= 15 is 0 Å². The lowest BCUT2D eigenvalue weighted by molar-refractivity contribution is -0.121. The molecule has 0 atom stereocenters.